The fourth-order valence-electron chi connectivity index (χ4n) is 2.48. The van der Waals surface area contributed by atoms with Crippen molar-refractivity contribution in [2.45, 2.75) is 12.5 Å². The highest BCUT2D eigenvalue weighted by atomic mass is 16.5. The first kappa shape index (κ1) is 14.6. The number of likely N-dealkylation sites (tertiary alicyclic amines) is 1. The number of amides is 2. The molecule has 0 aliphatic carbocycles. The van der Waals surface area contributed by atoms with Crippen molar-refractivity contribution in [3.63, 3.8) is 0 Å². The van der Waals surface area contributed by atoms with E-state index in [1.54, 1.807) is 0 Å². The normalized spacial score (nSPS) is 26.4. The molecule has 2 unspecified atom stereocenters. The number of aliphatic carboxylic acids is 1. The number of carbonyl (C=O) groups is 3. The highest BCUT2D eigenvalue weighted by molar-refractivity contribution is 5.84. The van der Waals surface area contributed by atoms with E-state index in [0.29, 0.717) is 26.1 Å². The fraction of sp³-hybridized carbons (Fsp3) is 0.750. The zero-order valence-electron chi connectivity index (χ0n) is 11.3. The minimum atomic E-state index is -0.896. The predicted molar refractivity (Wildman–Crippen MR) is 66.0 cm³/mol. The lowest BCUT2D eigenvalue weighted by molar-refractivity contribution is -0.151. The van der Waals surface area contributed by atoms with Crippen molar-refractivity contribution in [3.05, 3.63) is 0 Å². The predicted octanol–water partition coefficient (Wildman–Crippen LogP) is -0.613. The fourth-order valence-corrected chi connectivity index (χ4v) is 2.48. The van der Waals surface area contributed by atoms with Gasteiger partial charge in [0.25, 0.3) is 0 Å². The third kappa shape index (κ3) is 2.84. The van der Waals surface area contributed by atoms with E-state index in [-0.39, 0.29) is 19.2 Å². The van der Waals surface area contributed by atoms with Crippen molar-refractivity contribution < 1.29 is 29.0 Å². The van der Waals surface area contributed by atoms with Crippen LogP contribution in [-0.4, -0.2) is 78.9 Å². The van der Waals surface area contributed by atoms with Crippen molar-refractivity contribution in [2.24, 2.45) is 5.92 Å². The van der Waals surface area contributed by atoms with Crippen LogP contribution < -0.4 is 0 Å². The third-order valence-electron chi connectivity index (χ3n) is 3.66. The molecule has 0 aromatic rings. The molecule has 2 saturated heterocycles. The van der Waals surface area contributed by atoms with Gasteiger partial charge in [0.15, 0.2) is 6.04 Å². The Morgan fingerprint density at radius 1 is 1.30 bits per heavy atom. The second-order valence-electron chi connectivity index (χ2n) is 4.86. The second-order valence-corrected chi connectivity index (χ2v) is 4.86. The van der Waals surface area contributed by atoms with Gasteiger partial charge in [-0.15, -0.1) is 0 Å². The lowest BCUT2D eigenvalue weighted by Gasteiger charge is -2.36. The number of rotatable bonds is 2. The average molecular weight is 286 g/mol. The Morgan fingerprint density at radius 2 is 2.05 bits per heavy atom. The quantitative estimate of drug-likeness (QED) is 0.680. The number of methoxy groups -OCH3 is 1. The van der Waals surface area contributed by atoms with E-state index in [1.165, 1.54) is 16.9 Å². The summed E-state index contributed by atoms with van der Waals surface area (Å²) in [5, 5.41) is 8.96. The molecule has 0 saturated carbocycles. The number of carboxylic acids is 1. The molecule has 0 radical (unpaired) electrons. The van der Waals surface area contributed by atoms with Crippen molar-refractivity contribution in [1.29, 1.82) is 0 Å². The first-order valence-corrected chi connectivity index (χ1v) is 6.48. The maximum Gasteiger partial charge on any atom is 0.331 e. The van der Waals surface area contributed by atoms with Crippen molar-refractivity contribution >= 4 is 18.0 Å². The molecular formula is C12H18N2O6. The molecule has 2 aliphatic heterocycles. The molecule has 2 rings (SSSR count). The number of esters is 1. The summed E-state index contributed by atoms with van der Waals surface area (Å²) in [6, 6.07) is -1.09. The molecule has 112 valence electrons. The van der Waals surface area contributed by atoms with Crippen LogP contribution in [-0.2, 0) is 19.1 Å². The molecule has 8 heteroatoms. The summed E-state index contributed by atoms with van der Waals surface area (Å²) in [5.41, 5.74) is 0. The van der Waals surface area contributed by atoms with E-state index in [4.69, 9.17) is 9.84 Å². The van der Waals surface area contributed by atoms with E-state index in [1.807, 2.05) is 0 Å². The number of ether oxygens (including phenoxy) is 2. The molecule has 1 N–H and O–H groups in total. The maximum atomic E-state index is 12.4. The smallest absolute Gasteiger partial charge is 0.331 e. The maximum absolute atomic E-state index is 12.4. The summed E-state index contributed by atoms with van der Waals surface area (Å²) in [4.78, 5) is 37.8. The van der Waals surface area contributed by atoms with Crippen LogP contribution in [0.4, 0.5) is 4.79 Å². The number of carboxylic acid groups (broad SMARTS) is 1. The van der Waals surface area contributed by atoms with Crippen LogP contribution in [0.5, 0.6) is 0 Å². The molecule has 0 aromatic carbocycles. The number of hydrogen-bond donors (Lipinski definition) is 1. The van der Waals surface area contributed by atoms with Gasteiger partial charge in [-0.3, -0.25) is 4.79 Å². The molecular weight excluding hydrogens is 268 g/mol. The molecule has 2 fully saturated rings. The molecule has 2 amide bonds. The summed E-state index contributed by atoms with van der Waals surface area (Å²) in [6.07, 6.45) is 0.439. The Balaban J connectivity index is 2.03. The van der Waals surface area contributed by atoms with E-state index < -0.39 is 23.9 Å². The second kappa shape index (κ2) is 6.08. The highest BCUT2D eigenvalue weighted by Crippen LogP contribution is 2.20. The SMILES string of the molecule is COC(=O)C1COCCN1C(=O)N1CCC(C(=O)O)C1. The largest absolute Gasteiger partial charge is 0.481 e. The Bertz CT molecular complexity index is 413. The summed E-state index contributed by atoms with van der Waals surface area (Å²) in [5.74, 6) is -1.95. The summed E-state index contributed by atoms with van der Waals surface area (Å²) in [7, 11) is 1.26. The number of carbonyl (C=O) groups excluding carboxylic acids is 2. The summed E-state index contributed by atoms with van der Waals surface area (Å²) < 4.78 is 9.87. The molecule has 0 bridgehead atoms. The van der Waals surface area contributed by atoms with Crippen LogP contribution in [0.15, 0.2) is 0 Å². The first-order valence-electron chi connectivity index (χ1n) is 6.48. The molecule has 8 nitrogen and oxygen atoms in total. The lowest BCUT2D eigenvalue weighted by atomic mass is 10.1. The van der Waals surface area contributed by atoms with Crippen LogP contribution in [0.25, 0.3) is 0 Å². The van der Waals surface area contributed by atoms with Crippen LogP contribution in [0.3, 0.4) is 0 Å². The Labute approximate surface area is 116 Å². The van der Waals surface area contributed by atoms with Crippen molar-refractivity contribution in [2.75, 3.05) is 40.0 Å². The zero-order chi connectivity index (χ0) is 14.7. The number of nitrogens with zero attached hydrogens (tertiary/aromatic N) is 2. The van der Waals surface area contributed by atoms with Crippen LogP contribution >= 0.6 is 0 Å². The highest BCUT2D eigenvalue weighted by Gasteiger charge is 2.39. The topological polar surface area (TPSA) is 96.4 Å². The summed E-state index contributed by atoms with van der Waals surface area (Å²) >= 11 is 0. The van der Waals surface area contributed by atoms with Gasteiger partial charge in [0.05, 0.1) is 26.2 Å². The van der Waals surface area contributed by atoms with E-state index in [0.717, 1.165) is 0 Å². The van der Waals surface area contributed by atoms with Gasteiger partial charge in [0, 0.05) is 19.6 Å². The Morgan fingerprint density at radius 3 is 2.65 bits per heavy atom. The van der Waals surface area contributed by atoms with Gasteiger partial charge in [-0.05, 0) is 6.42 Å². The Hall–Kier alpha value is -1.83. The molecule has 0 spiro atoms. The van der Waals surface area contributed by atoms with Gasteiger partial charge in [0.1, 0.15) is 0 Å². The number of morpholine rings is 1. The molecule has 2 atom stereocenters. The lowest BCUT2D eigenvalue weighted by Crippen LogP contribution is -2.56. The molecule has 20 heavy (non-hydrogen) atoms. The number of urea groups is 1. The van der Waals surface area contributed by atoms with Crippen LogP contribution in [0.1, 0.15) is 6.42 Å². The first-order chi connectivity index (χ1) is 9.54. The minimum Gasteiger partial charge on any atom is -0.481 e. The number of hydrogen-bond acceptors (Lipinski definition) is 5. The molecule has 0 aromatic heterocycles. The van der Waals surface area contributed by atoms with Gasteiger partial charge in [-0.2, -0.15) is 0 Å². The molecule has 2 aliphatic rings. The monoisotopic (exact) mass is 286 g/mol. The zero-order valence-corrected chi connectivity index (χ0v) is 11.3. The van der Waals surface area contributed by atoms with Gasteiger partial charge in [0.2, 0.25) is 0 Å². The van der Waals surface area contributed by atoms with Crippen LogP contribution in [0.2, 0.25) is 0 Å². The third-order valence-corrected chi connectivity index (χ3v) is 3.66. The van der Waals surface area contributed by atoms with Gasteiger partial charge in [-0.25, -0.2) is 9.59 Å². The minimum absolute atomic E-state index is 0.106. The average Bonchev–Trinajstić information content (AvgIpc) is 2.95. The Kier molecular flexibility index (Phi) is 4.43. The van der Waals surface area contributed by atoms with E-state index >= 15 is 0 Å². The standard InChI is InChI=1S/C12H18N2O6/c1-19-11(17)9-7-20-5-4-14(9)12(18)13-3-2-8(6-13)10(15)16/h8-9H,2-7H2,1H3,(H,15,16). The van der Waals surface area contributed by atoms with Gasteiger partial charge >= 0.3 is 18.0 Å². The van der Waals surface area contributed by atoms with Crippen molar-refractivity contribution in [3.8, 4) is 0 Å². The molecule has 2 heterocycles. The van der Waals surface area contributed by atoms with Gasteiger partial charge < -0.3 is 24.4 Å². The van der Waals surface area contributed by atoms with Crippen LogP contribution in [0, 0.1) is 5.92 Å². The van der Waals surface area contributed by atoms with Gasteiger partial charge in [-0.1, -0.05) is 0 Å². The van der Waals surface area contributed by atoms with E-state index in [2.05, 4.69) is 4.74 Å². The van der Waals surface area contributed by atoms with Crippen molar-refractivity contribution in [1.82, 2.24) is 9.80 Å². The summed E-state index contributed by atoms with van der Waals surface area (Å²) in [6.45, 7) is 1.33. The van der Waals surface area contributed by atoms with E-state index in [9.17, 15) is 14.4 Å².